The molecule has 2 rings (SSSR count). The molecule has 1 fully saturated rings. The van der Waals surface area contributed by atoms with Crippen LogP contribution in [-0.4, -0.2) is 59.1 Å². The summed E-state index contributed by atoms with van der Waals surface area (Å²) in [7, 11) is 0. The minimum absolute atomic E-state index is 0.217. The Morgan fingerprint density at radius 3 is 3.00 bits per heavy atom. The number of aliphatic hydroxyl groups is 2. The first-order valence-corrected chi connectivity index (χ1v) is 7.53. The number of benzene rings is 1. The molecule has 0 amide bonds. The maximum Gasteiger partial charge on any atom is 0.120 e. The zero-order chi connectivity index (χ0) is 15.2. The van der Waals surface area contributed by atoms with Crippen molar-refractivity contribution in [2.24, 2.45) is 11.7 Å². The van der Waals surface area contributed by atoms with Gasteiger partial charge in [-0.3, -0.25) is 0 Å². The predicted octanol–water partition coefficient (Wildman–Crippen LogP) is 0.375. The number of thiocarbonyl (C=S) groups is 1. The van der Waals surface area contributed by atoms with Crippen molar-refractivity contribution < 1.29 is 14.9 Å². The number of aliphatic hydroxyl groups excluding tert-OH is 2. The number of rotatable bonds is 7. The Hall–Kier alpha value is -1.21. The van der Waals surface area contributed by atoms with Gasteiger partial charge in [-0.1, -0.05) is 24.4 Å². The van der Waals surface area contributed by atoms with Gasteiger partial charge in [0.15, 0.2) is 0 Å². The number of hydrogen-bond donors (Lipinski definition) is 3. The van der Waals surface area contributed by atoms with Crippen LogP contribution in [0.15, 0.2) is 24.3 Å². The minimum Gasteiger partial charge on any atom is -0.491 e. The van der Waals surface area contributed by atoms with Crippen molar-refractivity contribution in [3.05, 3.63) is 29.8 Å². The zero-order valence-electron chi connectivity index (χ0n) is 11.9. The van der Waals surface area contributed by atoms with E-state index in [1.807, 2.05) is 18.2 Å². The Kier molecular flexibility index (Phi) is 5.93. The molecule has 1 heterocycles. The van der Waals surface area contributed by atoms with E-state index in [1.54, 1.807) is 6.07 Å². The van der Waals surface area contributed by atoms with Crippen LogP contribution >= 0.6 is 12.2 Å². The lowest BCUT2D eigenvalue weighted by Crippen LogP contribution is -2.34. The highest BCUT2D eigenvalue weighted by atomic mass is 32.1. The second-order valence-electron chi connectivity index (χ2n) is 5.45. The quantitative estimate of drug-likeness (QED) is 0.632. The van der Waals surface area contributed by atoms with Gasteiger partial charge in [0.2, 0.25) is 0 Å². The largest absolute Gasteiger partial charge is 0.491 e. The van der Waals surface area contributed by atoms with E-state index in [-0.39, 0.29) is 13.2 Å². The third-order valence-corrected chi connectivity index (χ3v) is 3.89. The predicted molar refractivity (Wildman–Crippen MR) is 85.5 cm³/mol. The molecule has 2 atom stereocenters. The number of likely N-dealkylation sites (tertiary alicyclic amines) is 1. The maximum atomic E-state index is 10.0. The Balaban J connectivity index is 1.77. The van der Waals surface area contributed by atoms with Gasteiger partial charge in [-0.05, 0) is 31.0 Å². The Bertz CT molecular complexity index is 484. The number of β-amino-alcohol motifs (C(OH)–C–C–N with tert-alkyl or cyclic N) is 1. The molecule has 0 aromatic heterocycles. The molecule has 1 aliphatic heterocycles. The SMILES string of the molecule is NC(=S)c1cccc(OCC(O)CN2CCC(CO)C2)c1. The van der Waals surface area contributed by atoms with Gasteiger partial charge in [0.05, 0.1) is 0 Å². The molecule has 1 aromatic carbocycles. The summed E-state index contributed by atoms with van der Waals surface area (Å²) in [5, 5.41) is 19.1. The molecule has 0 aliphatic carbocycles. The molecule has 1 aromatic rings. The summed E-state index contributed by atoms with van der Waals surface area (Å²) in [4.78, 5) is 2.48. The molecule has 0 bridgehead atoms. The molecule has 0 saturated carbocycles. The van der Waals surface area contributed by atoms with Crippen molar-refractivity contribution in [3.8, 4) is 5.75 Å². The first kappa shape index (κ1) is 16.2. The van der Waals surface area contributed by atoms with Crippen molar-refractivity contribution in [2.75, 3.05) is 32.8 Å². The van der Waals surface area contributed by atoms with Crippen LogP contribution in [0.25, 0.3) is 0 Å². The average molecular weight is 310 g/mol. The van der Waals surface area contributed by atoms with Gasteiger partial charge in [-0.2, -0.15) is 0 Å². The van der Waals surface area contributed by atoms with Crippen LogP contribution in [0.3, 0.4) is 0 Å². The van der Waals surface area contributed by atoms with Crippen LogP contribution < -0.4 is 10.5 Å². The molecule has 116 valence electrons. The van der Waals surface area contributed by atoms with E-state index in [0.717, 1.165) is 25.1 Å². The van der Waals surface area contributed by atoms with Crippen molar-refractivity contribution in [1.29, 1.82) is 0 Å². The first-order valence-electron chi connectivity index (χ1n) is 7.12. The lowest BCUT2D eigenvalue weighted by atomic mass is 10.1. The first-order chi connectivity index (χ1) is 10.1. The van der Waals surface area contributed by atoms with Crippen molar-refractivity contribution in [1.82, 2.24) is 4.90 Å². The zero-order valence-corrected chi connectivity index (χ0v) is 12.8. The van der Waals surface area contributed by atoms with E-state index in [1.165, 1.54) is 0 Å². The average Bonchev–Trinajstić information content (AvgIpc) is 2.93. The van der Waals surface area contributed by atoms with Crippen molar-refractivity contribution in [3.63, 3.8) is 0 Å². The Labute approximate surface area is 130 Å². The fourth-order valence-corrected chi connectivity index (χ4v) is 2.64. The standard InChI is InChI=1S/C15H22N2O3S/c16-15(21)12-2-1-3-14(6-12)20-10-13(19)8-17-5-4-11(7-17)9-18/h1-3,6,11,13,18-19H,4-5,7-10H2,(H2,16,21). The molecule has 1 aliphatic rings. The van der Waals surface area contributed by atoms with Crippen LogP contribution in [0.5, 0.6) is 5.75 Å². The van der Waals surface area contributed by atoms with E-state index in [4.69, 9.17) is 27.8 Å². The molecular weight excluding hydrogens is 288 g/mol. The highest BCUT2D eigenvalue weighted by molar-refractivity contribution is 7.80. The van der Waals surface area contributed by atoms with Crippen LogP contribution in [-0.2, 0) is 0 Å². The molecular formula is C15H22N2O3S. The molecule has 21 heavy (non-hydrogen) atoms. The van der Waals surface area contributed by atoms with E-state index in [2.05, 4.69) is 4.90 Å². The summed E-state index contributed by atoms with van der Waals surface area (Å²) in [5.74, 6) is 0.981. The van der Waals surface area contributed by atoms with Gasteiger partial charge < -0.3 is 25.6 Å². The molecule has 0 radical (unpaired) electrons. The third-order valence-electron chi connectivity index (χ3n) is 3.66. The second kappa shape index (κ2) is 7.70. The van der Waals surface area contributed by atoms with Crippen molar-refractivity contribution >= 4 is 17.2 Å². The van der Waals surface area contributed by atoms with Crippen LogP contribution in [0.2, 0.25) is 0 Å². The summed E-state index contributed by atoms with van der Waals surface area (Å²) in [6.07, 6.45) is 0.427. The fraction of sp³-hybridized carbons (Fsp3) is 0.533. The maximum absolute atomic E-state index is 10.0. The van der Waals surface area contributed by atoms with Gasteiger partial charge in [0.25, 0.3) is 0 Å². The molecule has 4 N–H and O–H groups in total. The van der Waals surface area contributed by atoms with Gasteiger partial charge in [-0.15, -0.1) is 0 Å². The fourth-order valence-electron chi connectivity index (χ4n) is 2.51. The lowest BCUT2D eigenvalue weighted by Gasteiger charge is -2.20. The van der Waals surface area contributed by atoms with Crippen LogP contribution in [0.1, 0.15) is 12.0 Å². The molecule has 6 heteroatoms. The van der Waals surface area contributed by atoms with Crippen LogP contribution in [0, 0.1) is 5.92 Å². The number of hydrogen-bond acceptors (Lipinski definition) is 5. The number of nitrogens with two attached hydrogens (primary N) is 1. The summed E-state index contributed by atoms with van der Waals surface area (Å²) in [6.45, 7) is 2.76. The van der Waals surface area contributed by atoms with Gasteiger partial charge in [0, 0.05) is 25.3 Å². The summed E-state index contributed by atoms with van der Waals surface area (Å²) in [6, 6.07) is 7.23. The van der Waals surface area contributed by atoms with E-state index >= 15 is 0 Å². The highest BCUT2D eigenvalue weighted by Gasteiger charge is 2.23. The van der Waals surface area contributed by atoms with E-state index < -0.39 is 6.10 Å². The molecule has 0 spiro atoms. The second-order valence-corrected chi connectivity index (χ2v) is 5.89. The van der Waals surface area contributed by atoms with Gasteiger partial charge in [0.1, 0.15) is 23.4 Å². The monoisotopic (exact) mass is 310 g/mol. The molecule has 5 nitrogen and oxygen atoms in total. The summed E-state index contributed by atoms with van der Waals surface area (Å²) in [5.41, 5.74) is 6.33. The summed E-state index contributed by atoms with van der Waals surface area (Å²) >= 11 is 4.92. The van der Waals surface area contributed by atoms with Crippen LogP contribution in [0.4, 0.5) is 0 Å². The third kappa shape index (κ3) is 4.93. The van der Waals surface area contributed by atoms with E-state index in [0.29, 0.717) is 23.2 Å². The lowest BCUT2D eigenvalue weighted by molar-refractivity contribution is 0.0735. The molecule has 1 saturated heterocycles. The minimum atomic E-state index is -0.559. The Morgan fingerprint density at radius 2 is 2.33 bits per heavy atom. The molecule has 2 unspecified atom stereocenters. The Morgan fingerprint density at radius 1 is 1.52 bits per heavy atom. The highest BCUT2D eigenvalue weighted by Crippen LogP contribution is 2.16. The van der Waals surface area contributed by atoms with Gasteiger partial charge in [-0.25, -0.2) is 0 Å². The topological polar surface area (TPSA) is 79.0 Å². The van der Waals surface area contributed by atoms with Gasteiger partial charge >= 0.3 is 0 Å². The van der Waals surface area contributed by atoms with Crippen molar-refractivity contribution in [2.45, 2.75) is 12.5 Å². The number of ether oxygens (including phenoxy) is 1. The smallest absolute Gasteiger partial charge is 0.120 e. The summed E-state index contributed by atoms with van der Waals surface area (Å²) < 4.78 is 5.58. The number of nitrogens with zero attached hydrogens (tertiary/aromatic N) is 1. The normalized spacial score (nSPS) is 20.4. The van der Waals surface area contributed by atoms with E-state index in [9.17, 15) is 5.11 Å².